The van der Waals surface area contributed by atoms with E-state index in [2.05, 4.69) is 20.5 Å². The number of piperidine rings is 2. The Kier molecular flexibility index (Phi) is 5.27. The standard InChI is InChI=1S/C17H26N4O/c22-17(12-14-6-8-18-9-7-14)20-15-4-5-16(19-13-15)21-10-2-1-3-11-21/h4-5,13-14,18H,1-3,6-12H2,(H,20,22). The summed E-state index contributed by atoms with van der Waals surface area (Å²) in [4.78, 5) is 18.9. The first-order valence-electron chi connectivity index (χ1n) is 8.53. The maximum atomic E-state index is 12.1. The van der Waals surface area contributed by atoms with Crippen molar-refractivity contribution in [1.82, 2.24) is 10.3 Å². The molecule has 5 heteroatoms. The second-order valence-electron chi connectivity index (χ2n) is 6.40. The normalized spacial score (nSPS) is 19.9. The number of hydrogen-bond acceptors (Lipinski definition) is 4. The Hall–Kier alpha value is -1.62. The molecule has 2 fully saturated rings. The molecule has 0 aromatic carbocycles. The van der Waals surface area contributed by atoms with Crippen LogP contribution < -0.4 is 15.5 Å². The van der Waals surface area contributed by atoms with Gasteiger partial charge in [-0.2, -0.15) is 0 Å². The summed E-state index contributed by atoms with van der Waals surface area (Å²) >= 11 is 0. The van der Waals surface area contributed by atoms with Crippen molar-refractivity contribution in [2.24, 2.45) is 5.92 Å². The molecule has 1 amide bonds. The van der Waals surface area contributed by atoms with Gasteiger partial charge in [0.2, 0.25) is 5.91 Å². The van der Waals surface area contributed by atoms with Crippen molar-refractivity contribution in [3.8, 4) is 0 Å². The fraction of sp³-hybridized carbons (Fsp3) is 0.647. The third-order valence-electron chi connectivity index (χ3n) is 4.64. The van der Waals surface area contributed by atoms with Gasteiger partial charge in [0.15, 0.2) is 0 Å². The van der Waals surface area contributed by atoms with Crippen LogP contribution in [0.4, 0.5) is 11.5 Å². The topological polar surface area (TPSA) is 57.3 Å². The minimum absolute atomic E-state index is 0.111. The van der Waals surface area contributed by atoms with Gasteiger partial charge in [0, 0.05) is 19.5 Å². The molecule has 0 saturated carbocycles. The van der Waals surface area contributed by atoms with Gasteiger partial charge in [-0.15, -0.1) is 0 Å². The van der Waals surface area contributed by atoms with Crippen molar-refractivity contribution >= 4 is 17.4 Å². The first-order valence-corrected chi connectivity index (χ1v) is 8.53. The van der Waals surface area contributed by atoms with Crippen molar-refractivity contribution in [3.05, 3.63) is 18.3 Å². The summed E-state index contributed by atoms with van der Waals surface area (Å²) in [7, 11) is 0. The summed E-state index contributed by atoms with van der Waals surface area (Å²) in [6, 6.07) is 3.99. The highest BCUT2D eigenvalue weighted by molar-refractivity contribution is 5.90. The Morgan fingerprint density at radius 3 is 2.68 bits per heavy atom. The van der Waals surface area contributed by atoms with E-state index in [0.717, 1.165) is 50.5 Å². The monoisotopic (exact) mass is 302 g/mol. The highest BCUT2D eigenvalue weighted by Gasteiger charge is 2.17. The lowest BCUT2D eigenvalue weighted by molar-refractivity contribution is -0.117. The van der Waals surface area contributed by atoms with Crippen LogP contribution in [0.2, 0.25) is 0 Å². The molecule has 1 aromatic heterocycles. The van der Waals surface area contributed by atoms with Crippen molar-refractivity contribution in [2.45, 2.75) is 38.5 Å². The zero-order chi connectivity index (χ0) is 15.2. The van der Waals surface area contributed by atoms with Crippen LogP contribution in [-0.2, 0) is 4.79 Å². The van der Waals surface area contributed by atoms with Crippen LogP contribution in [0.1, 0.15) is 38.5 Å². The summed E-state index contributed by atoms with van der Waals surface area (Å²) in [6.07, 6.45) is 8.41. The molecule has 3 heterocycles. The van der Waals surface area contributed by atoms with Gasteiger partial charge in [-0.1, -0.05) is 0 Å². The molecule has 3 rings (SSSR count). The number of nitrogens with one attached hydrogen (secondary N) is 2. The fourth-order valence-electron chi connectivity index (χ4n) is 3.33. The van der Waals surface area contributed by atoms with E-state index in [1.807, 2.05) is 12.1 Å². The second-order valence-corrected chi connectivity index (χ2v) is 6.40. The van der Waals surface area contributed by atoms with Crippen molar-refractivity contribution in [2.75, 3.05) is 36.4 Å². The highest BCUT2D eigenvalue weighted by Crippen LogP contribution is 2.20. The van der Waals surface area contributed by atoms with Crippen molar-refractivity contribution in [1.29, 1.82) is 0 Å². The quantitative estimate of drug-likeness (QED) is 0.897. The lowest BCUT2D eigenvalue weighted by Gasteiger charge is -2.27. The Balaban J connectivity index is 1.50. The molecule has 5 nitrogen and oxygen atoms in total. The summed E-state index contributed by atoms with van der Waals surface area (Å²) in [5, 5.41) is 6.31. The van der Waals surface area contributed by atoms with E-state index in [4.69, 9.17) is 0 Å². The van der Waals surface area contributed by atoms with E-state index in [0.29, 0.717) is 12.3 Å². The zero-order valence-corrected chi connectivity index (χ0v) is 13.2. The molecule has 22 heavy (non-hydrogen) atoms. The first kappa shape index (κ1) is 15.3. The number of pyridine rings is 1. The molecule has 0 aliphatic carbocycles. The van der Waals surface area contributed by atoms with Crippen LogP contribution >= 0.6 is 0 Å². The van der Waals surface area contributed by atoms with E-state index >= 15 is 0 Å². The highest BCUT2D eigenvalue weighted by atomic mass is 16.1. The fourth-order valence-corrected chi connectivity index (χ4v) is 3.33. The second kappa shape index (κ2) is 7.58. The molecule has 0 spiro atoms. The summed E-state index contributed by atoms with van der Waals surface area (Å²) in [6.45, 7) is 4.25. The van der Waals surface area contributed by atoms with Crippen LogP contribution in [0.5, 0.6) is 0 Å². The molecule has 2 aliphatic heterocycles. The van der Waals surface area contributed by atoms with Crippen LogP contribution in [0.15, 0.2) is 18.3 Å². The molecule has 0 bridgehead atoms. The zero-order valence-electron chi connectivity index (χ0n) is 13.2. The van der Waals surface area contributed by atoms with Crippen LogP contribution in [0.25, 0.3) is 0 Å². The average molecular weight is 302 g/mol. The molecule has 0 radical (unpaired) electrons. The summed E-state index contributed by atoms with van der Waals surface area (Å²) < 4.78 is 0. The van der Waals surface area contributed by atoms with Crippen molar-refractivity contribution in [3.63, 3.8) is 0 Å². The summed E-state index contributed by atoms with van der Waals surface area (Å²) in [5.41, 5.74) is 0.805. The Morgan fingerprint density at radius 1 is 1.23 bits per heavy atom. The average Bonchev–Trinajstić information content (AvgIpc) is 2.57. The van der Waals surface area contributed by atoms with E-state index < -0.39 is 0 Å². The number of nitrogens with zero attached hydrogens (tertiary/aromatic N) is 2. The lowest BCUT2D eigenvalue weighted by atomic mass is 9.94. The maximum absolute atomic E-state index is 12.1. The van der Waals surface area contributed by atoms with Crippen LogP contribution in [0.3, 0.4) is 0 Å². The number of amides is 1. The van der Waals surface area contributed by atoms with E-state index in [1.165, 1.54) is 19.3 Å². The number of aromatic nitrogens is 1. The van der Waals surface area contributed by atoms with Gasteiger partial charge in [-0.25, -0.2) is 4.98 Å². The largest absolute Gasteiger partial charge is 0.357 e. The minimum atomic E-state index is 0.111. The Bertz CT molecular complexity index is 476. The molecule has 2 aliphatic rings. The smallest absolute Gasteiger partial charge is 0.224 e. The molecular weight excluding hydrogens is 276 g/mol. The maximum Gasteiger partial charge on any atom is 0.224 e. The van der Waals surface area contributed by atoms with Gasteiger partial charge in [0.1, 0.15) is 5.82 Å². The third kappa shape index (κ3) is 4.19. The predicted octanol–water partition coefficient (Wildman–Crippen LogP) is 2.40. The molecule has 0 atom stereocenters. The SMILES string of the molecule is O=C(CC1CCNCC1)Nc1ccc(N2CCCCC2)nc1. The van der Waals surface area contributed by atoms with Gasteiger partial charge in [0.05, 0.1) is 11.9 Å². The Morgan fingerprint density at radius 2 is 2.00 bits per heavy atom. The molecule has 0 unspecified atom stereocenters. The molecule has 2 N–H and O–H groups in total. The van der Waals surface area contributed by atoms with Crippen LogP contribution in [0, 0.1) is 5.92 Å². The van der Waals surface area contributed by atoms with E-state index in [9.17, 15) is 4.79 Å². The van der Waals surface area contributed by atoms with Crippen LogP contribution in [-0.4, -0.2) is 37.1 Å². The van der Waals surface area contributed by atoms with Gasteiger partial charge < -0.3 is 15.5 Å². The number of carbonyl (C=O) groups is 1. The van der Waals surface area contributed by atoms with E-state index in [1.54, 1.807) is 6.20 Å². The van der Waals surface area contributed by atoms with Gasteiger partial charge in [-0.05, 0) is 63.2 Å². The van der Waals surface area contributed by atoms with Gasteiger partial charge in [0.25, 0.3) is 0 Å². The molecular formula is C17H26N4O. The van der Waals surface area contributed by atoms with Gasteiger partial charge in [-0.3, -0.25) is 4.79 Å². The number of anilines is 2. The first-order chi connectivity index (χ1) is 10.8. The number of rotatable bonds is 4. The number of hydrogen-bond donors (Lipinski definition) is 2. The Labute approximate surface area is 132 Å². The molecule has 1 aromatic rings. The number of carbonyl (C=O) groups excluding carboxylic acids is 1. The lowest BCUT2D eigenvalue weighted by Crippen LogP contribution is -2.30. The van der Waals surface area contributed by atoms with Gasteiger partial charge >= 0.3 is 0 Å². The minimum Gasteiger partial charge on any atom is -0.357 e. The molecule has 2 saturated heterocycles. The van der Waals surface area contributed by atoms with Crippen molar-refractivity contribution < 1.29 is 4.79 Å². The predicted molar refractivity (Wildman–Crippen MR) is 89.1 cm³/mol. The summed E-state index contributed by atoms with van der Waals surface area (Å²) in [5.74, 6) is 1.65. The third-order valence-corrected chi connectivity index (χ3v) is 4.64. The molecule has 120 valence electrons. The van der Waals surface area contributed by atoms with E-state index in [-0.39, 0.29) is 5.91 Å².